The number of nitrogens with zero attached hydrogens (tertiary/aromatic N) is 2. The third-order valence-electron chi connectivity index (χ3n) is 3.67. The first-order valence-electron chi connectivity index (χ1n) is 6.33. The molecule has 0 unspecified atom stereocenters. The topological polar surface area (TPSA) is 92.1 Å². The summed E-state index contributed by atoms with van der Waals surface area (Å²) < 4.78 is 26.8. The number of hydrogen-bond donors (Lipinski definition) is 2. The first-order valence-corrected chi connectivity index (χ1v) is 7.77. The third-order valence-corrected chi connectivity index (χ3v) is 5.60. The fraction of sp³-hybridized carbons (Fsp3) is 0.308. The normalized spacial score (nSPS) is 14.6. The van der Waals surface area contributed by atoms with Crippen LogP contribution in [0.4, 0.5) is 11.4 Å². The molecular formula is C13H16N4O2S. The number of hydrogen-bond acceptors (Lipinski definition) is 4. The molecule has 1 aliphatic heterocycles. The highest BCUT2D eigenvalue weighted by atomic mass is 32.2. The van der Waals surface area contributed by atoms with E-state index < -0.39 is 10.0 Å². The molecule has 3 rings (SSSR count). The largest absolute Gasteiger partial charge is 0.398 e. The highest BCUT2D eigenvalue weighted by Gasteiger charge is 2.33. The van der Waals surface area contributed by atoms with Crippen molar-refractivity contribution in [3.63, 3.8) is 0 Å². The van der Waals surface area contributed by atoms with Gasteiger partial charge < -0.3 is 5.73 Å². The van der Waals surface area contributed by atoms with Crippen LogP contribution in [-0.4, -0.2) is 25.2 Å². The van der Waals surface area contributed by atoms with Crippen molar-refractivity contribution in [2.75, 3.05) is 16.6 Å². The average Bonchev–Trinajstić information content (AvgIpc) is 2.96. The first-order chi connectivity index (χ1) is 9.41. The lowest BCUT2D eigenvalue weighted by atomic mass is 10.1. The van der Waals surface area contributed by atoms with Crippen LogP contribution < -0.4 is 10.0 Å². The minimum absolute atomic E-state index is 0.212. The van der Waals surface area contributed by atoms with Crippen molar-refractivity contribution >= 4 is 21.4 Å². The Balaban J connectivity index is 2.12. The fourth-order valence-electron chi connectivity index (χ4n) is 2.52. The molecule has 0 spiro atoms. The SMILES string of the molecule is Cc1cc2c(cc1N)N(S(=O)(=O)c1cn[nH]c1C)CC2. The van der Waals surface area contributed by atoms with Gasteiger partial charge in [0, 0.05) is 12.2 Å². The van der Waals surface area contributed by atoms with Crippen molar-refractivity contribution < 1.29 is 8.42 Å². The maximum Gasteiger partial charge on any atom is 0.267 e. The van der Waals surface area contributed by atoms with E-state index in [1.165, 1.54) is 10.5 Å². The Hall–Kier alpha value is -2.02. The van der Waals surface area contributed by atoms with Gasteiger partial charge in [-0.3, -0.25) is 9.40 Å². The summed E-state index contributed by atoms with van der Waals surface area (Å²) >= 11 is 0. The molecule has 7 heteroatoms. The number of benzene rings is 1. The predicted molar refractivity (Wildman–Crippen MR) is 77.2 cm³/mol. The van der Waals surface area contributed by atoms with Gasteiger partial charge in [0.1, 0.15) is 4.90 Å². The lowest BCUT2D eigenvalue weighted by molar-refractivity contribution is 0.592. The summed E-state index contributed by atoms with van der Waals surface area (Å²) in [5.41, 5.74) is 9.72. The van der Waals surface area contributed by atoms with E-state index in [1.807, 2.05) is 13.0 Å². The molecular weight excluding hydrogens is 276 g/mol. The molecule has 0 saturated heterocycles. The van der Waals surface area contributed by atoms with Crippen LogP contribution in [-0.2, 0) is 16.4 Å². The lowest BCUT2D eigenvalue weighted by Gasteiger charge is -2.19. The van der Waals surface area contributed by atoms with Crippen molar-refractivity contribution in [2.24, 2.45) is 0 Å². The van der Waals surface area contributed by atoms with Gasteiger partial charge in [-0.15, -0.1) is 0 Å². The van der Waals surface area contributed by atoms with E-state index in [0.29, 0.717) is 30.0 Å². The Morgan fingerprint density at radius 2 is 2.10 bits per heavy atom. The number of H-pyrrole nitrogens is 1. The van der Waals surface area contributed by atoms with Crippen molar-refractivity contribution in [3.8, 4) is 0 Å². The summed E-state index contributed by atoms with van der Waals surface area (Å²) in [6, 6.07) is 3.70. The summed E-state index contributed by atoms with van der Waals surface area (Å²) in [6.45, 7) is 4.05. The van der Waals surface area contributed by atoms with Crippen LogP contribution in [0.25, 0.3) is 0 Å². The van der Waals surface area contributed by atoms with Gasteiger partial charge in [-0.25, -0.2) is 8.42 Å². The molecule has 20 heavy (non-hydrogen) atoms. The number of nitrogens with one attached hydrogen (secondary N) is 1. The van der Waals surface area contributed by atoms with E-state index in [9.17, 15) is 8.42 Å². The van der Waals surface area contributed by atoms with Crippen LogP contribution in [0, 0.1) is 13.8 Å². The number of aryl methyl sites for hydroxylation is 2. The molecule has 2 heterocycles. The number of fused-ring (bicyclic) bond motifs is 1. The van der Waals surface area contributed by atoms with Crippen LogP contribution in [0.5, 0.6) is 0 Å². The summed E-state index contributed by atoms with van der Waals surface area (Å²) in [7, 11) is -3.59. The smallest absolute Gasteiger partial charge is 0.267 e. The van der Waals surface area contributed by atoms with Gasteiger partial charge in [-0.2, -0.15) is 5.10 Å². The van der Waals surface area contributed by atoms with E-state index >= 15 is 0 Å². The zero-order valence-electron chi connectivity index (χ0n) is 11.3. The average molecular weight is 292 g/mol. The third kappa shape index (κ3) is 1.77. The molecule has 0 aliphatic carbocycles. The standard InChI is InChI=1S/C13H16N4O2S/c1-8-5-10-3-4-17(12(10)6-11(8)14)20(18,19)13-7-15-16-9(13)2/h5-7H,3-4,14H2,1-2H3,(H,15,16). The molecule has 0 fully saturated rings. The van der Waals surface area contributed by atoms with Gasteiger partial charge in [0.15, 0.2) is 0 Å². The van der Waals surface area contributed by atoms with Gasteiger partial charge in [0.05, 0.1) is 17.6 Å². The van der Waals surface area contributed by atoms with Gasteiger partial charge in [-0.1, -0.05) is 6.07 Å². The van der Waals surface area contributed by atoms with Crippen LogP contribution in [0.15, 0.2) is 23.2 Å². The fourth-order valence-corrected chi connectivity index (χ4v) is 4.13. The second kappa shape index (κ2) is 4.24. The van der Waals surface area contributed by atoms with Crippen molar-refractivity contribution in [1.82, 2.24) is 10.2 Å². The predicted octanol–water partition coefficient (Wildman–Crippen LogP) is 1.36. The maximum atomic E-state index is 12.7. The summed E-state index contributed by atoms with van der Waals surface area (Å²) in [6.07, 6.45) is 2.05. The molecule has 1 aromatic heterocycles. The number of aromatic nitrogens is 2. The maximum absolute atomic E-state index is 12.7. The molecule has 0 bridgehead atoms. The molecule has 106 valence electrons. The highest BCUT2D eigenvalue weighted by molar-refractivity contribution is 7.92. The van der Waals surface area contributed by atoms with Crippen LogP contribution in [0.3, 0.4) is 0 Å². The van der Waals surface area contributed by atoms with Crippen molar-refractivity contribution in [2.45, 2.75) is 25.2 Å². The quantitative estimate of drug-likeness (QED) is 0.817. The van der Waals surface area contributed by atoms with E-state index in [2.05, 4.69) is 10.2 Å². The summed E-state index contributed by atoms with van der Waals surface area (Å²) in [4.78, 5) is 0.212. The number of sulfonamides is 1. The minimum Gasteiger partial charge on any atom is -0.398 e. The number of anilines is 2. The van der Waals surface area contributed by atoms with E-state index in [1.54, 1.807) is 13.0 Å². The van der Waals surface area contributed by atoms with Gasteiger partial charge >= 0.3 is 0 Å². The molecule has 0 saturated carbocycles. The van der Waals surface area contributed by atoms with E-state index in [-0.39, 0.29) is 4.90 Å². The first kappa shape index (κ1) is 13.0. The summed E-state index contributed by atoms with van der Waals surface area (Å²) in [5, 5.41) is 6.45. The lowest BCUT2D eigenvalue weighted by Crippen LogP contribution is -2.29. The number of nitrogen functional groups attached to an aromatic ring is 1. The Bertz CT molecular complexity index is 780. The molecule has 3 N–H and O–H groups in total. The molecule has 0 atom stereocenters. The van der Waals surface area contributed by atoms with E-state index in [0.717, 1.165) is 11.1 Å². The molecule has 0 radical (unpaired) electrons. The number of nitrogens with two attached hydrogens (primary N) is 1. The Labute approximate surface area is 117 Å². The number of aromatic amines is 1. The molecule has 6 nitrogen and oxygen atoms in total. The van der Waals surface area contributed by atoms with Gasteiger partial charge in [-0.05, 0) is 37.5 Å². The zero-order valence-corrected chi connectivity index (χ0v) is 12.2. The van der Waals surface area contributed by atoms with Crippen molar-refractivity contribution in [3.05, 3.63) is 35.2 Å². The second-order valence-electron chi connectivity index (χ2n) is 5.02. The van der Waals surface area contributed by atoms with Gasteiger partial charge in [0.25, 0.3) is 10.0 Å². The monoisotopic (exact) mass is 292 g/mol. The van der Waals surface area contributed by atoms with Crippen LogP contribution in [0.1, 0.15) is 16.8 Å². The van der Waals surface area contributed by atoms with Crippen molar-refractivity contribution in [1.29, 1.82) is 0 Å². The molecule has 2 aromatic rings. The Morgan fingerprint density at radius 3 is 2.75 bits per heavy atom. The van der Waals surface area contributed by atoms with Crippen LogP contribution in [0.2, 0.25) is 0 Å². The van der Waals surface area contributed by atoms with E-state index in [4.69, 9.17) is 5.73 Å². The van der Waals surface area contributed by atoms with Gasteiger partial charge in [0.2, 0.25) is 0 Å². The van der Waals surface area contributed by atoms with Crippen LogP contribution >= 0.6 is 0 Å². The molecule has 0 amide bonds. The summed E-state index contributed by atoms with van der Waals surface area (Å²) in [5.74, 6) is 0. The number of rotatable bonds is 2. The molecule has 1 aliphatic rings. The Morgan fingerprint density at radius 1 is 1.35 bits per heavy atom. The Kier molecular flexibility index (Phi) is 2.75. The zero-order chi connectivity index (χ0) is 14.5. The molecule has 1 aromatic carbocycles. The second-order valence-corrected chi connectivity index (χ2v) is 6.85. The highest BCUT2D eigenvalue weighted by Crippen LogP contribution is 2.36. The minimum atomic E-state index is -3.59.